The second-order valence-corrected chi connectivity index (χ2v) is 8.25. The van der Waals surface area contributed by atoms with E-state index in [1.807, 2.05) is 24.3 Å². The van der Waals surface area contributed by atoms with Gasteiger partial charge in [0.25, 0.3) is 0 Å². The van der Waals surface area contributed by atoms with E-state index in [4.69, 9.17) is 4.74 Å². The number of benzene rings is 2. The summed E-state index contributed by atoms with van der Waals surface area (Å²) in [5.41, 5.74) is 3.98. The van der Waals surface area contributed by atoms with Crippen LogP contribution in [-0.2, 0) is 16.0 Å². The lowest BCUT2D eigenvalue weighted by atomic mass is 9.94. The first kappa shape index (κ1) is 22.8. The van der Waals surface area contributed by atoms with Gasteiger partial charge in [-0.15, -0.1) is 0 Å². The molecular weight excluding hydrogens is 423 g/mol. The van der Waals surface area contributed by atoms with Crippen molar-refractivity contribution in [2.45, 2.75) is 19.4 Å². The number of aryl methyl sites for hydroxylation is 1. The Morgan fingerprint density at radius 1 is 1.06 bits per heavy atom. The number of anilines is 1. The van der Waals surface area contributed by atoms with Crippen molar-refractivity contribution in [3.8, 4) is 0 Å². The van der Waals surface area contributed by atoms with E-state index >= 15 is 0 Å². The lowest BCUT2D eigenvalue weighted by Crippen LogP contribution is -2.51. The predicted octanol–water partition coefficient (Wildman–Crippen LogP) is 2.99. The van der Waals surface area contributed by atoms with Crippen molar-refractivity contribution in [1.29, 1.82) is 0 Å². The summed E-state index contributed by atoms with van der Waals surface area (Å²) in [4.78, 5) is 29.6. The van der Waals surface area contributed by atoms with Gasteiger partial charge in [-0.05, 0) is 41.8 Å². The molecule has 2 N–H and O–H groups in total. The summed E-state index contributed by atoms with van der Waals surface area (Å²) < 4.78 is 18.3. The number of carbonyl (C=O) groups is 2. The van der Waals surface area contributed by atoms with Gasteiger partial charge in [-0.1, -0.05) is 31.2 Å². The number of piperazine rings is 1. The summed E-state index contributed by atoms with van der Waals surface area (Å²) in [5, 5.41) is 5.70. The third-order valence-electron chi connectivity index (χ3n) is 6.23. The fraction of sp³-hybridized carbons (Fsp3) is 0.360. The first-order valence-corrected chi connectivity index (χ1v) is 11.2. The van der Waals surface area contributed by atoms with E-state index in [1.54, 1.807) is 12.1 Å². The molecule has 0 unspecified atom stereocenters. The van der Waals surface area contributed by atoms with Gasteiger partial charge < -0.3 is 20.3 Å². The quantitative estimate of drug-likeness (QED) is 0.660. The minimum atomic E-state index is -0.576. The Balaban J connectivity index is 1.53. The Hall–Kier alpha value is -3.39. The van der Waals surface area contributed by atoms with Crippen LogP contribution in [0.5, 0.6) is 0 Å². The van der Waals surface area contributed by atoms with Crippen LogP contribution in [0.25, 0.3) is 0 Å². The molecule has 0 aromatic heterocycles. The van der Waals surface area contributed by atoms with E-state index < -0.39 is 12.0 Å². The lowest BCUT2D eigenvalue weighted by Gasteiger charge is -2.38. The molecule has 0 saturated carbocycles. The monoisotopic (exact) mass is 452 g/mol. The first-order valence-electron chi connectivity index (χ1n) is 11.2. The van der Waals surface area contributed by atoms with E-state index in [1.165, 1.54) is 24.8 Å². The zero-order chi connectivity index (χ0) is 23.4. The molecule has 0 radical (unpaired) electrons. The topological polar surface area (TPSA) is 73.9 Å². The Bertz CT molecular complexity index is 1030. The third kappa shape index (κ3) is 5.17. The zero-order valence-corrected chi connectivity index (χ0v) is 18.9. The molecule has 2 aliphatic heterocycles. The van der Waals surface area contributed by atoms with Crippen LogP contribution in [0.4, 0.5) is 14.9 Å². The lowest BCUT2D eigenvalue weighted by molar-refractivity contribution is -0.136. The van der Waals surface area contributed by atoms with Crippen LogP contribution < -0.4 is 15.5 Å². The third-order valence-corrected chi connectivity index (χ3v) is 6.23. The number of amides is 2. The average Bonchev–Trinajstić information content (AvgIpc) is 2.84. The van der Waals surface area contributed by atoms with Gasteiger partial charge in [-0.25, -0.2) is 14.0 Å². The Labute approximate surface area is 193 Å². The number of methoxy groups -OCH3 is 1. The highest BCUT2D eigenvalue weighted by molar-refractivity contribution is 5.95. The highest BCUT2D eigenvalue weighted by atomic mass is 19.1. The molecule has 2 aliphatic rings. The molecule has 2 aromatic carbocycles. The molecule has 8 heteroatoms. The first-order chi connectivity index (χ1) is 16.0. The van der Waals surface area contributed by atoms with E-state index in [-0.39, 0.29) is 11.8 Å². The summed E-state index contributed by atoms with van der Waals surface area (Å²) in [7, 11) is 1.35. The van der Waals surface area contributed by atoms with E-state index in [0.29, 0.717) is 17.8 Å². The highest BCUT2D eigenvalue weighted by Gasteiger charge is 2.34. The van der Waals surface area contributed by atoms with Gasteiger partial charge in [0, 0.05) is 44.1 Å². The number of hydrogen-bond acceptors (Lipinski definition) is 5. The largest absolute Gasteiger partial charge is 0.466 e. The molecule has 0 spiro atoms. The average molecular weight is 453 g/mol. The van der Waals surface area contributed by atoms with Gasteiger partial charge >= 0.3 is 12.0 Å². The maximum Gasteiger partial charge on any atom is 0.338 e. The molecule has 0 aliphatic carbocycles. The number of rotatable bonds is 6. The van der Waals surface area contributed by atoms with Crippen LogP contribution in [-0.4, -0.2) is 56.7 Å². The molecular formula is C25H29FN4O3. The summed E-state index contributed by atoms with van der Waals surface area (Å²) in [5.74, 6) is -0.716. The van der Waals surface area contributed by atoms with Gasteiger partial charge in [0.05, 0.1) is 18.7 Å². The molecule has 174 valence electrons. The van der Waals surface area contributed by atoms with Crippen molar-refractivity contribution in [3.05, 3.63) is 76.7 Å². The molecule has 7 nitrogen and oxygen atoms in total. The van der Waals surface area contributed by atoms with Crippen LogP contribution >= 0.6 is 0 Å². The summed E-state index contributed by atoms with van der Waals surface area (Å²) in [6.45, 7) is 5.53. The number of carbonyl (C=O) groups excluding carboxylic acids is 2. The van der Waals surface area contributed by atoms with Crippen molar-refractivity contribution in [1.82, 2.24) is 15.5 Å². The minimum absolute atomic E-state index is 0.250. The molecule has 4 rings (SSSR count). The Morgan fingerprint density at radius 2 is 1.73 bits per heavy atom. The number of nitrogens with zero attached hydrogens (tertiary/aromatic N) is 2. The molecule has 2 aromatic rings. The maximum atomic E-state index is 13.2. The zero-order valence-electron chi connectivity index (χ0n) is 18.9. The van der Waals surface area contributed by atoms with Gasteiger partial charge in [0.15, 0.2) is 0 Å². The minimum Gasteiger partial charge on any atom is -0.466 e. The van der Waals surface area contributed by atoms with Crippen LogP contribution in [0, 0.1) is 5.82 Å². The molecule has 2 amide bonds. The number of nitrogens with one attached hydrogen (secondary N) is 2. The van der Waals surface area contributed by atoms with Crippen molar-refractivity contribution >= 4 is 17.7 Å². The van der Waals surface area contributed by atoms with E-state index in [2.05, 4.69) is 27.4 Å². The van der Waals surface area contributed by atoms with Crippen molar-refractivity contribution in [2.75, 3.05) is 44.7 Å². The van der Waals surface area contributed by atoms with Crippen LogP contribution in [0.1, 0.15) is 24.1 Å². The summed E-state index contributed by atoms with van der Waals surface area (Å²) in [6.07, 6.45) is 0.910. The highest BCUT2D eigenvalue weighted by Crippen LogP contribution is 2.29. The maximum absolute atomic E-state index is 13.2. The summed E-state index contributed by atoms with van der Waals surface area (Å²) in [6, 6.07) is 13.5. The van der Waals surface area contributed by atoms with Crippen LogP contribution in [0.15, 0.2) is 59.8 Å². The molecule has 1 saturated heterocycles. The number of hydrogen-bond donors (Lipinski definition) is 2. The summed E-state index contributed by atoms with van der Waals surface area (Å²) >= 11 is 0. The number of ether oxygens (including phenoxy) is 1. The van der Waals surface area contributed by atoms with Crippen LogP contribution in [0.2, 0.25) is 0 Å². The SMILES string of the molecule is CCc1ccc([C@H]2NC(=O)NC(CN3CCN(c4ccc(F)cc4)CC3)=C2C(=O)OC)cc1. The van der Waals surface area contributed by atoms with Gasteiger partial charge in [-0.3, -0.25) is 4.90 Å². The fourth-order valence-corrected chi connectivity index (χ4v) is 4.33. The molecule has 1 atom stereocenters. The Morgan fingerprint density at radius 3 is 2.33 bits per heavy atom. The van der Waals surface area contributed by atoms with Crippen molar-refractivity contribution in [2.24, 2.45) is 0 Å². The van der Waals surface area contributed by atoms with Gasteiger partial charge in [0.1, 0.15) is 5.82 Å². The van der Waals surface area contributed by atoms with Crippen molar-refractivity contribution in [3.63, 3.8) is 0 Å². The number of urea groups is 1. The van der Waals surface area contributed by atoms with Gasteiger partial charge in [0.2, 0.25) is 0 Å². The molecule has 0 bridgehead atoms. The second-order valence-electron chi connectivity index (χ2n) is 8.25. The van der Waals surface area contributed by atoms with Crippen LogP contribution in [0.3, 0.4) is 0 Å². The standard InChI is InChI=1S/C25H29FN4O3/c1-3-17-4-6-18(7-5-17)23-22(24(31)33-2)21(27-25(32)28-23)16-29-12-14-30(15-13-29)20-10-8-19(26)9-11-20/h4-11,23H,3,12-16H2,1-2H3,(H2,27,28,32)/t23-/m1/s1. The normalized spacial score (nSPS) is 19.2. The second kappa shape index (κ2) is 10.0. The molecule has 33 heavy (non-hydrogen) atoms. The molecule has 2 heterocycles. The predicted molar refractivity (Wildman–Crippen MR) is 124 cm³/mol. The van der Waals surface area contributed by atoms with Crippen molar-refractivity contribution < 1.29 is 18.7 Å². The van der Waals surface area contributed by atoms with E-state index in [9.17, 15) is 14.0 Å². The Kier molecular flexibility index (Phi) is 6.93. The van der Waals surface area contributed by atoms with E-state index in [0.717, 1.165) is 43.9 Å². The number of esters is 1. The fourth-order valence-electron chi connectivity index (χ4n) is 4.33. The number of halogens is 1. The smallest absolute Gasteiger partial charge is 0.338 e. The van der Waals surface area contributed by atoms with Gasteiger partial charge in [-0.2, -0.15) is 0 Å². The molecule has 1 fully saturated rings.